The average molecular weight is 347 g/mol. The number of carbonyl (C=O) groups is 1. The highest BCUT2D eigenvalue weighted by atomic mass is 35.5. The van der Waals surface area contributed by atoms with Gasteiger partial charge in [0.25, 0.3) is 5.91 Å². The molecule has 5 nitrogen and oxygen atoms in total. The molecule has 0 aliphatic heterocycles. The molecule has 6 heteroatoms. The monoisotopic (exact) mass is 346 g/mol. The number of carbonyl (C=O) groups excluding carboxylic acids is 1. The molecule has 0 atom stereocenters. The zero-order valence-corrected chi connectivity index (χ0v) is 14.1. The molecular formula is C18H19ClN2O3. The van der Waals surface area contributed by atoms with Crippen molar-refractivity contribution < 1.29 is 14.6 Å². The van der Waals surface area contributed by atoms with Crippen LogP contribution in [0.2, 0.25) is 5.02 Å². The van der Waals surface area contributed by atoms with Gasteiger partial charge in [-0.3, -0.25) is 9.78 Å². The molecule has 126 valence electrons. The van der Waals surface area contributed by atoms with E-state index in [9.17, 15) is 9.90 Å². The fraction of sp³-hybridized carbons (Fsp3) is 0.333. The van der Waals surface area contributed by atoms with Gasteiger partial charge in [-0.25, -0.2) is 0 Å². The van der Waals surface area contributed by atoms with Gasteiger partial charge in [0.05, 0.1) is 24.4 Å². The number of pyridine rings is 1. The highest BCUT2D eigenvalue weighted by molar-refractivity contribution is 6.31. The molecule has 0 saturated heterocycles. The number of benzene rings is 1. The number of phenolic OH excluding ortho intramolecular Hbond substituents is 1. The Morgan fingerprint density at radius 2 is 2.25 bits per heavy atom. The predicted molar refractivity (Wildman–Crippen MR) is 91.5 cm³/mol. The van der Waals surface area contributed by atoms with Gasteiger partial charge >= 0.3 is 0 Å². The van der Waals surface area contributed by atoms with E-state index in [4.69, 9.17) is 16.3 Å². The van der Waals surface area contributed by atoms with E-state index >= 15 is 0 Å². The van der Waals surface area contributed by atoms with Crippen LogP contribution < -0.4 is 10.1 Å². The van der Waals surface area contributed by atoms with E-state index in [1.54, 1.807) is 30.5 Å². The molecule has 1 aromatic carbocycles. The van der Waals surface area contributed by atoms with Crippen LogP contribution in [0.4, 0.5) is 0 Å². The smallest absolute Gasteiger partial charge is 0.251 e. The van der Waals surface area contributed by atoms with Crippen LogP contribution in [0, 0.1) is 5.92 Å². The number of methoxy groups -OCH3 is 1. The van der Waals surface area contributed by atoms with Crippen LogP contribution in [0.25, 0.3) is 0 Å². The Kier molecular flexibility index (Phi) is 4.90. The zero-order valence-electron chi connectivity index (χ0n) is 13.4. The van der Waals surface area contributed by atoms with Gasteiger partial charge in [-0.05, 0) is 55.0 Å². The van der Waals surface area contributed by atoms with Crippen LogP contribution in [0.5, 0.6) is 11.5 Å². The minimum absolute atomic E-state index is 0.119. The number of hydrogen-bond donors (Lipinski definition) is 2. The quantitative estimate of drug-likeness (QED) is 0.841. The first-order valence-corrected chi connectivity index (χ1v) is 8.23. The van der Waals surface area contributed by atoms with Gasteiger partial charge in [0.2, 0.25) is 0 Å². The second-order valence-electron chi connectivity index (χ2n) is 5.95. The summed E-state index contributed by atoms with van der Waals surface area (Å²) in [4.78, 5) is 16.6. The number of nitrogens with zero attached hydrogens (tertiary/aromatic N) is 1. The second kappa shape index (κ2) is 7.09. The zero-order chi connectivity index (χ0) is 17.1. The number of phenols is 1. The highest BCUT2D eigenvalue weighted by Crippen LogP contribution is 2.39. The van der Waals surface area contributed by atoms with Crippen LogP contribution in [0.3, 0.4) is 0 Å². The van der Waals surface area contributed by atoms with Crippen molar-refractivity contribution in [2.45, 2.75) is 25.8 Å². The molecule has 2 aromatic rings. The van der Waals surface area contributed by atoms with Crippen molar-refractivity contribution in [1.82, 2.24) is 10.3 Å². The van der Waals surface area contributed by atoms with E-state index in [0.29, 0.717) is 27.9 Å². The van der Waals surface area contributed by atoms with Gasteiger partial charge in [-0.1, -0.05) is 11.6 Å². The lowest BCUT2D eigenvalue weighted by molar-refractivity contribution is 0.0950. The average Bonchev–Trinajstić information content (AvgIpc) is 3.39. The SMILES string of the molecule is COc1cc(C(=O)NCc2ncccc2Cl)cc(CC2CC2)c1O. The third-order valence-corrected chi connectivity index (χ3v) is 4.44. The normalized spacial score (nSPS) is 13.6. The molecule has 1 saturated carbocycles. The summed E-state index contributed by atoms with van der Waals surface area (Å²) in [7, 11) is 1.48. The minimum atomic E-state index is -0.257. The van der Waals surface area contributed by atoms with Crippen molar-refractivity contribution in [2.75, 3.05) is 7.11 Å². The number of ether oxygens (including phenoxy) is 1. The van der Waals surface area contributed by atoms with Crippen molar-refractivity contribution in [2.24, 2.45) is 5.92 Å². The summed E-state index contributed by atoms with van der Waals surface area (Å²) in [6.07, 6.45) is 4.72. The van der Waals surface area contributed by atoms with Gasteiger partial charge in [0, 0.05) is 11.8 Å². The molecule has 1 heterocycles. The number of amides is 1. The van der Waals surface area contributed by atoms with Crippen molar-refractivity contribution in [1.29, 1.82) is 0 Å². The Labute approximate surface area is 145 Å². The van der Waals surface area contributed by atoms with Gasteiger partial charge in [0.15, 0.2) is 11.5 Å². The van der Waals surface area contributed by atoms with Crippen LogP contribution in [-0.4, -0.2) is 23.1 Å². The number of rotatable bonds is 6. The lowest BCUT2D eigenvalue weighted by atomic mass is 10.0. The Morgan fingerprint density at radius 3 is 2.92 bits per heavy atom. The first kappa shape index (κ1) is 16.6. The lowest BCUT2D eigenvalue weighted by Gasteiger charge is -2.12. The number of hydrogen-bond acceptors (Lipinski definition) is 4. The molecule has 1 aromatic heterocycles. The summed E-state index contributed by atoms with van der Waals surface area (Å²) in [5, 5.41) is 13.5. The largest absolute Gasteiger partial charge is 0.504 e. The third kappa shape index (κ3) is 3.79. The molecule has 1 fully saturated rings. The number of nitrogens with one attached hydrogen (secondary N) is 1. The van der Waals surface area contributed by atoms with Gasteiger partial charge in [-0.15, -0.1) is 0 Å². The van der Waals surface area contributed by atoms with Crippen LogP contribution >= 0.6 is 11.6 Å². The maximum absolute atomic E-state index is 12.4. The number of halogens is 1. The summed E-state index contributed by atoms with van der Waals surface area (Å²) < 4.78 is 5.20. The molecular weight excluding hydrogens is 328 g/mol. The first-order valence-electron chi connectivity index (χ1n) is 7.86. The summed E-state index contributed by atoms with van der Waals surface area (Å²) in [6, 6.07) is 6.74. The molecule has 1 amide bonds. The van der Waals surface area contributed by atoms with Crippen molar-refractivity contribution in [3.05, 3.63) is 52.3 Å². The fourth-order valence-electron chi connectivity index (χ4n) is 2.56. The molecule has 2 N–H and O–H groups in total. The molecule has 0 unspecified atom stereocenters. The predicted octanol–water partition coefficient (Wildman–Crippen LogP) is 3.33. The van der Waals surface area contributed by atoms with E-state index in [1.165, 1.54) is 7.11 Å². The highest BCUT2D eigenvalue weighted by Gasteiger charge is 2.25. The molecule has 0 radical (unpaired) electrons. The summed E-state index contributed by atoms with van der Waals surface area (Å²) >= 11 is 6.04. The molecule has 1 aliphatic carbocycles. The van der Waals surface area contributed by atoms with Crippen LogP contribution in [0.15, 0.2) is 30.5 Å². The van der Waals surface area contributed by atoms with Crippen molar-refractivity contribution in [3.63, 3.8) is 0 Å². The summed E-state index contributed by atoms with van der Waals surface area (Å²) in [5.74, 6) is 0.765. The number of aromatic nitrogens is 1. The minimum Gasteiger partial charge on any atom is -0.504 e. The summed E-state index contributed by atoms with van der Waals surface area (Å²) in [5.41, 5.74) is 1.81. The number of aromatic hydroxyl groups is 1. The molecule has 0 spiro atoms. The van der Waals surface area contributed by atoms with Crippen molar-refractivity contribution >= 4 is 17.5 Å². The lowest BCUT2D eigenvalue weighted by Crippen LogP contribution is -2.23. The van der Waals surface area contributed by atoms with Gasteiger partial charge < -0.3 is 15.2 Å². The maximum atomic E-state index is 12.4. The first-order chi connectivity index (χ1) is 11.6. The van der Waals surface area contributed by atoms with E-state index in [-0.39, 0.29) is 18.2 Å². The van der Waals surface area contributed by atoms with E-state index in [2.05, 4.69) is 10.3 Å². The molecule has 0 bridgehead atoms. The molecule has 24 heavy (non-hydrogen) atoms. The molecule has 1 aliphatic rings. The van der Waals surface area contributed by atoms with Crippen molar-refractivity contribution in [3.8, 4) is 11.5 Å². The van der Waals surface area contributed by atoms with E-state index in [1.807, 2.05) is 0 Å². The third-order valence-electron chi connectivity index (χ3n) is 4.09. The molecule has 3 rings (SSSR count). The standard InChI is InChI=1S/C18H19ClN2O3/c1-24-16-9-13(8-12(17(16)22)7-11-4-5-11)18(23)21-10-15-14(19)3-2-6-20-15/h2-3,6,8-9,11,22H,4-5,7,10H2,1H3,(H,21,23). The Morgan fingerprint density at radius 1 is 1.46 bits per heavy atom. The Balaban J connectivity index is 1.77. The van der Waals surface area contributed by atoms with Gasteiger partial charge in [-0.2, -0.15) is 0 Å². The Bertz CT molecular complexity index is 760. The van der Waals surface area contributed by atoms with E-state index in [0.717, 1.165) is 24.8 Å². The topological polar surface area (TPSA) is 71.5 Å². The Hall–Kier alpha value is -2.27. The van der Waals surface area contributed by atoms with Gasteiger partial charge in [0.1, 0.15) is 0 Å². The van der Waals surface area contributed by atoms with Crippen LogP contribution in [-0.2, 0) is 13.0 Å². The fourth-order valence-corrected chi connectivity index (χ4v) is 2.74. The maximum Gasteiger partial charge on any atom is 0.251 e. The second-order valence-corrected chi connectivity index (χ2v) is 6.36. The van der Waals surface area contributed by atoms with E-state index < -0.39 is 0 Å². The van der Waals surface area contributed by atoms with Crippen LogP contribution in [0.1, 0.15) is 34.5 Å². The summed E-state index contributed by atoms with van der Waals surface area (Å²) in [6.45, 7) is 0.236.